The van der Waals surface area contributed by atoms with Gasteiger partial charge in [0.1, 0.15) is 17.7 Å². The van der Waals surface area contributed by atoms with Crippen LogP contribution in [0, 0.1) is 5.82 Å². The molecule has 1 aliphatic rings. The van der Waals surface area contributed by atoms with Crippen molar-refractivity contribution in [1.29, 1.82) is 0 Å². The second-order valence-corrected chi connectivity index (χ2v) is 6.19. The summed E-state index contributed by atoms with van der Waals surface area (Å²) in [6.45, 7) is 2.51. The highest BCUT2D eigenvalue weighted by Crippen LogP contribution is 2.19. The lowest BCUT2D eigenvalue weighted by molar-refractivity contribution is -0.122. The number of nitrogens with one attached hydrogen (secondary N) is 1. The minimum absolute atomic E-state index is 0.0155. The maximum absolute atomic E-state index is 12.9. The molecule has 132 valence electrons. The zero-order valence-electron chi connectivity index (χ0n) is 14.0. The van der Waals surface area contributed by atoms with E-state index < -0.39 is 0 Å². The lowest BCUT2D eigenvalue weighted by Crippen LogP contribution is -2.43. The van der Waals surface area contributed by atoms with E-state index in [0.717, 1.165) is 31.5 Å². The van der Waals surface area contributed by atoms with Crippen LogP contribution in [0.5, 0.6) is 5.75 Å². The van der Waals surface area contributed by atoms with Gasteiger partial charge in [0.2, 0.25) is 5.91 Å². The van der Waals surface area contributed by atoms with Gasteiger partial charge >= 0.3 is 0 Å². The van der Waals surface area contributed by atoms with Gasteiger partial charge in [-0.2, -0.15) is 0 Å². The highest BCUT2D eigenvalue weighted by molar-refractivity contribution is 5.78. The van der Waals surface area contributed by atoms with E-state index in [1.165, 1.54) is 12.1 Å². The lowest BCUT2D eigenvalue weighted by Gasteiger charge is -2.31. The Kier molecular flexibility index (Phi) is 5.95. The number of aromatic nitrogens is 1. The van der Waals surface area contributed by atoms with Gasteiger partial charge < -0.3 is 10.1 Å². The molecule has 2 aromatic rings. The quantitative estimate of drug-likeness (QED) is 0.875. The second-order valence-electron chi connectivity index (χ2n) is 6.19. The fraction of sp³-hybridized carbons (Fsp3) is 0.368. The van der Waals surface area contributed by atoms with E-state index in [9.17, 15) is 9.18 Å². The molecule has 1 fully saturated rings. The molecule has 0 radical (unpaired) electrons. The number of likely N-dealkylation sites (tertiary alicyclic amines) is 1. The van der Waals surface area contributed by atoms with Gasteiger partial charge in [-0.3, -0.25) is 14.7 Å². The van der Waals surface area contributed by atoms with Crippen molar-refractivity contribution in [3.63, 3.8) is 0 Å². The first kappa shape index (κ1) is 17.4. The van der Waals surface area contributed by atoms with Crippen molar-refractivity contribution in [1.82, 2.24) is 15.2 Å². The van der Waals surface area contributed by atoms with Gasteiger partial charge in [0.05, 0.1) is 6.54 Å². The summed E-state index contributed by atoms with van der Waals surface area (Å²) >= 11 is 0. The van der Waals surface area contributed by atoms with Crippen molar-refractivity contribution in [2.75, 3.05) is 19.6 Å². The Bertz CT molecular complexity index is 671. The Morgan fingerprint density at radius 3 is 2.68 bits per heavy atom. The van der Waals surface area contributed by atoms with Gasteiger partial charge in [0.25, 0.3) is 0 Å². The standard InChI is InChI=1S/C19H22FN3O2/c20-16-3-5-17(6-4-16)25-18-7-10-23(11-8-18)14-19(24)22-13-15-2-1-9-21-12-15/h1-6,9,12,18H,7-8,10-11,13-14H2,(H,22,24). The summed E-state index contributed by atoms with van der Waals surface area (Å²) in [6.07, 6.45) is 5.28. The molecule has 0 spiro atoms. The second kappa shape index (κ2) is 8.58. The molecule has 0 aliphatic carbocycles. The maximum atomic E-state index is 12.9. The number of amides is 1. The van der Waals surface area contributed by atoms with Gasteiger partial charge in [-0.25, -0.2) is 4.39 Å². The summed E-state index contributed by atoms with van der Waals surface area (Å²) in [6, 6.07) is 9.88. The molecule has 0 atom stereocenters. The summed E-state index contributed by atoms with van der Waals surface area (Å²) in [7, 11) is 0. The molecule has 1 aromatic carbocycles. The Balaban J connectivity index is 1.37. The first-order valence-electron chi connectivity index (χ1n) is 8.49. The number of piperidine rings is 1. The number of hydrogen-bond acceptors (Lipinski definition) is 4. The number of pyridine rings is 1. The topological polar surface area (TPSA) is 54.5 Å². The molecule has 5 nitrogen and oxygen atoms in total. The third-order valence-corrected chi connectivity index (χ3v) is 4.23. The number of ether oxygens (including phenoxy) is 1. The number of nitrogens with zero attached hydrogens (tertiary/aromatic N) is 2. The van der Waals surface area contributed by atoms with E-state index in [2.05, 4.69) is 15.2 Å². The Morgan fingerprint density at radius 1 is 1.24 bits per heavy atom. The zero-order chi connectivity index (χ0) is 17.5. The molecule has 2 heterocycles. The number of rotatable bonds is 6. The zero-order valence-corrected chi connectivity index (χ0v) is 14.0. The molecular weight excluding hydrogens is 321 g/mol. The fourth-order valence-corrected chi connectivity index (χ4v) is 2.85. The van der Waals surface area contributed by atoms with E-state index in [1.54, 1.807) is 24.5 Å². The average molecular weight is 343 g/mol. The summed E-state index contributed by atoms with van der Waals surface area (Å²) in [5, 5.41) is 2.92. The molecule has 1 saturated heterocycles. The molecule has 25 heavy (non-hydrogen) atoms. The highest BCUT2D eigenvalue weighted by Gasteiger charge is 2.22. The lowest BCUT2D eigenvalue weighted by atomic mass is 10.1. The number of halogens is 1. The smallest absolute Gasteiger partial charge is 0.234 e. The number of carbonyl (C=O) groups excluding carboxylic acids is 1. The summed E-state index contributed by atoms with van der Waals surface area (Å²) in [4.78, 5) is 18.2. The third-order valence-electron chi connectivity index (χ3n) is 4.23. The van der Waals surface area contributed by atoms with E-state index >= 15 is 0 Å². The molecule has 0 saturated carbocycles. The summed E-state index contributed by atoms with van der Waals surface area (Å²) in [5.74, 6) is 0.440. The van der Waals surface area contributed by atoms with Crippen LogP contribution in [0.25, 0.3) is 0 Å². The van der Waals surface area contributed by atoms with Crippen LogP contribution >= 0.6 is 0 Å². The predicted octanol–water partition coefficient (Wildman–Crippen LogP) is 2.38. The summed E-state index contributed by atoms with van der Waals surface area (Å²) in [5.41, 5.74) is 0.988. The van der Waals surface area contributed by atoms with E-state index in [4.69, 9.17) is 4.74 Å². The molecule has 1 aliphatic heterocycles. The van der Waals surface area contributed by atoms with Crippen LogP contribution in [0.15, 0.2) is 48.8 Å². The van der Waals surface area contributed by atoms with Crippen molar-refractivity contribution in [2.24, 2.45) is 0 Å². The molecule has 0 bridgehead atoms. The van der Waals surface area contributed by atoms with E-state index in [0.29, 0.717) is 18.8 Å². The van der Waals surface area contributed by atoms with Crippen molar-refractivity contribution in [2.45, 2.75) is 25.5 Å². The molecule has 0 unspecified atom stereocenters. The molecule has 1 amide bonds. The van der Waals surface area contributed by atoms with E-state index in [-0.39, 0.29) is 17.8 Å². The Morgan fingerprint density at radius 2 is 2.00 bits per heavy atom. The number of hydrogen-bond donors (Lipinski definition) is 1. The van der Waals surface area contributed by atoms with Gasteiger partial charge in [-0.1, -0.05) is 6.07 Å². The van der Waals surface area contributed by atoms with Crippen molar-refractivity contribution in [3.8, 4) is 5.75 Å². The van der Waals surface area contributed by atoms with Crippen LogP contribution in [0.2, 0.25) is 0 Å². The largest absolute Gasteiger partial charge is 0.490 e. The average Bonchev–Trinajstić information content (AvgIpc) is 2.64. The molecule has 1 aromatic heterocycles. The number of benzene rings is 1. The van der Waals surface area contributed by atoms with Crippen LogP contribution in [0.4, 0.5) is 4.39 Å². The van der Waals surface area contributed by atoms with Crippen molar-refractivity contribution < 1.29 is 13.9 Å². The van der Waals surface area contributed by atoms with Gasteiger partial charge in [0, 0.05) is 32.0 Å². The van der Waals surface area contributed by atoms with Crippen molar-refractivity contribution in [3.05, 3.63) is 60.2 Å². The van der Waals surface area contributed by atoms with Crippen LogP contribution in [-0.4, -0.2) is 41.5 Å². The Hall–Kier alpha value is -2.47. The molecule has 3 rings (SSSR count). The van der Waals surface area contributed by atoms with Crippen LogP contribution in [0.1, 0.15) is 18.4 Å². The van der Waals surface area contributed by atoms with Gasteiger partial charge in [-0.15, -0.1) is 0 Å². The first-order valence-corrected chi connectivity index (χ1v) is 8.49. The van der Waals surface area contributed by atoms with E-state index in [1.807, 2.05) is 12.1 Å². The van der Waals surface area contributed by atoms with Crippen LogP contribution in [-0.2, 0) is 11.3 Å². The summed E-state index contributed by atoms with van der Waals surface area (Å²) < 4.78 is 18.8. The van der Waals surface area contributed by atoms with Gasteiger partial charge in [-0.05, 0) is 48.7 Å². The molecular formula is C19H22FN3O2. The maximum Gasteiger partial charge on any atom is 0.234 e. The number of carbonyl (C=O) groups is 1. The van der Waals surface area contributed by atoms with Crippen LogP contribution < -0.4 is 10.1 Å². The fourth-order valence-electron chi connectivity index (χ4n) is 2.85. The first-order chi connectivity index (χ1) is 12.2. The van der Waals surface area contributed by atoms with Crippen LogP contribution in [0.3, 0.4) is 0 Å². The van der Waals surface area contributed by atoms with Gasteiger partial charge in [0.15, 0.2) is 0 Å². The normalized spacial score (nSPS) is 15.7. The molecule has 6 heteroatoms. The highest BCUT2D eigenvalue weighted by atomic mass is 19.1. The minimum atomic E-state index is -0.264. The monoisotopic (exact) mass is 343 g/mol. The van der Waals surface area contributed by atoms with Crippen molar-refractivity contribution >= 4 is 5.91 Å². The SMILES string of the molecule is O=C(CN1CCC(Oc2ccc(F)cc2)CC1)NCc1cccnc1. The molecule has 1 N–H and O–H groups in total. The minimum Gasteiger partial charge on any atom is -0.490 e. The predicted molar refractivity (Wildman–Crippen MR) is 92.6 cm³/mol. The Labute approximate surface area is 146 Å². The third kappa shape index (κ3) is 5.53.